The molecule has 0 bridgehead atoms. The van der Waals surface area contributed by atoms with E-state index in [1.807, 2.05) is 6.07 Å². The summed E-state index contributed by atoms with van der Waals surface area (Å²) in [7, 11) is 0. The summed E-state index contributed by atoms with van der Waals surface area (Å²) < 4.78 is 0. The minimum atomic E-state index is -0.626. The quantitative estimate of drug-likeness (QED) is 0.0579. The number of nitrogen functional groups attached to an aromatic ring is 1. The molecule has 5 N–H and O–H groups in total. The molecule has 0 unspecified atom stereocenters. The van der Waals surface area contributed by atoms with Crippen LogP contribution in [0, 0.1) is 20.2 Å². The lowest BCUT2D eigenvalue weighted by Crippen LogP contribution is -2.07. The fraction of sp³-hybridized carbons (Fsp3) is 0.571. The molecular weight excluding hydrogens is 484 g/mol. The van der Waals surface area contributed by atoms with Crippen LogP contribution in [-0.4, -0.2) is 22.9 Å². The molecule has 0 radical (unpaired) electrons. The first kappa shape index (κ1) is 30.7. The van der Waals surface area contributed by atoms with Crippen LogP contribution < -0.4 is 21.7 Å². The number of hydrogen-bond acceptors (Lipinski definition) is 8. The molecule has 38 heavy (non-hydrogen) atoms. The molecule has 0 aromatic heterocycles. The predicted molar refractivity (Wildman–Crippen MR) is 158 cm³/mol. The number of rotatable bonds is 20. The van der Waals surface area contributed by atoms with E-state index in [2.05, 4.69) is 29.8 Å². The van der Waals surface area contributed by atoms with Crippen LogP contribution in [0.15, 0.2) is 30.3 Å². The number of nitrogens with one attached hydrogen (secondary N) is 3. The molecule has 10 nitrogen and oxygen atoms in total. The summed E-state index contributed by atoms with van der Waals surface area (Å²) in [6, 6.07) is 7.84. The molecule has 10 heteroatoms. The second-order valence-electron chi connectivity index (χ2n) is 9.72. The molecule has 0 heterocycles. The molecule has 0 spiro atoms. The Balaban J connectivity index is 2.08. The van der Waals surface area contributed by atoms with Crippen molar-refractivity contribution in [1.29, 1.82) is 0 Å². The average Bonchev–Trinajstić information content (AvgIpc) is 2.88. The van der Waals surface area contributed by atoms with Crippen LogP contribution in [0.5, 0.6) is 0 Å². The highest BCUT2D eigenvalue weighted by Gasteiger charge is 2.25. The first-order valence-electron chi connectivity index (χ1n) is 14.0. The van der Waals surface area contributed by atoms with Crippen molar-refractivity contribution in [3.05, 3.63) is 50.6 Å². The van der Waals surface area contributed by atoms with Crippen LogP contribution in [0.2, 0.25) is 0 Å². The van der Waals surface area contributed by atoms with Gasteiger partial charge in [-0.3, -0.25) is 20.2 Å². The molecule has 0 aliphatic rings. The van der Waals surface area contributed by atoms with E-state index in [0.717, 1.165) is 44.0 Å². The lowest BCUT2D eigenvalue weighted by atomic mass is 10.1. The summed E-state index contributed by atoms with van der Waals surface area (Å²) in [5, 5.41) is 32.9. The number of benzene rings is 2. The Morgan fingerprint density at radius 3 is 1.74 bits per heavy atom. The summed E-state index contributed by atoms with van der Waals surface area (Å²) in [6.45, 7) is 5.76. The van der Waals surface area contributed by atoms with Gasteiger partial charge in [0.15, 0.2) is 0 Å². The molecule has 0 fully saturated rings. The SMILES string of the molecule is CCCCCCCCNc1ccc(Nc2cc(NCCCCCCCC)c([N+](=O)[O-])cc2[N+](=O)[O-])c(N)c1. The number of nitro groups is 2. The van der Waals surface area contributed by atoms with Gasteiger partial charge in [0.1, 0.15) is 11.4 Å². The normalized spacial score (nSPS) is 10.8. The number of nitrogens with zero attached hydrogens (tertiary/aromatic N) is 2. The van der Waals surface area contributed by atoms with Crippen molar-refractivity contribution in [3.8, 4) is 0 Å². The molecule has 2 rings (SSSR count). The number of unbranched alkanes of at least 4 members (excludes halogenated alkanes) is 10. The Labute approximate surface area is 226 Å². The highest BCUT2D eigenvalue weighted by molar-refractivity contribution is 5.83. The maximum absolute atomic E-state index is 11.7. The third kappa shape index (κ3) is 10.4. The molecule has 0 aliphatic carbocycles. The maximum atomic E-state index is 11.7. The molecular formula is C28H44N6O4. The number of anilines is 5. The van der Waals surface area contributed by atoms with Crippen LogP contribution in [0.1, 0.15) is 90.9 Å². The Kier molecular flexibility index (Phi) is 13.8. The maximum Gasteiger partial charge on any atom is 0.299 e. The van der Waals surface area contributed by atoms with Crippen LogP contribution in [0.25, 0.3) is 0 Å². The van der Waals surface area contributed by atoms with Crippen molar-refractivity contribution < 1.29 is 9.85 Å². The minimum Gasteiger partial charge on any atom is -0.397 e. The van der Waals surface area contributed by atoms with E-state index in [4.69, 9.17) is 5.73 Å². The van der Waals surface area contributed by atoms with Crippen molar-refractivity contribution in [2.45, 2.75) is 90.9 Å². The van der Waals surface area contributed by atoms with Gasteiger partial charge in [0, 0.05) is 18.8 Å². The van der Waals surface area contributed by atoms with Crippen LogP contribution in [0.3, 0.4) is 0 Å². The van der Waals surface area contributed by atoms with Crippen LogP contribution in [0.4, 0.5) is 39.8 Å². The average molecular weight is 529 g/mol. The highest BCUT2D eigenvalue weighted by atomic mass is 16.6. The van der Waals surface area contributed by atoms with Gasteiger partial charge in [-0.05, 0) is 37.1 Å². The van der Waals surface area contributed by atoms with Crippen LogP contribution >= 0.6 is 0 Å². The number of nitro benzene ring substituents is 2. The first-order chi connectivity index (χ1) is 18.4. The van der Waals surface area contributed by atoms with Crippen molar-refractivity contribution in [1.82, 2.24) is 0 Å². The van der Waals surface area contributed by atoms with E-state index in [9.17, 15) is 20.2 Å². The molecule has 0 amide bonds. The first-order valence-corrected chi connectivity index (χ1v) is 14.0. The van der Waals surface area contributed by atoms with Gasteiger partial charge >= 0.3 is 0 Å². The Bertz CT molecular complexity index is 1030. The second-order valence-corrected chi connectivity index (χ2v) is 9.72. The molecule has 0 saturated heterocycles. The van der Waals surface area contributed by atoms with Gasteiger partial charge < -0.3 is 21.7 Å². The number of nitrogens with two attached hydrogens (primary N) is 1. The van der Waals surface area contributed by atoms with E-state index in [0.29, 0.717) is 17.9 Å². The zero-order valence-electron chi connectivity index (χ0n) is 22.9. The van der Waals surface area contributed by atoms with Gasteiger partial charge in [-0.2, -0.15) is 0 Å². The second kappa shape index (κ2) is 17.0. The van der Waals surface area contributed by atoms with E-state index in [1.165, 1.54) is 57.4 Å². The zero-order chi connectivity index (χ0) is 27.8. The summed E-state index contributed by atoms with van der Waals surface area (Å²) in [5.41, 5.74) is 7.72. The van der Waals surface area contributed by atoms with Crippen molar-refractivity contribution >= 4 is 39.8 Å². The zero-order valence-corrected chi connectivity index (χ0v) is 22.9. The van der Waals surface area contributed by atoms with Gasteiger partial charge in [-0.15, -0.1) is 0 Å². The van der Waals surface area contributed by atoms with E-state index in [-0.39, 0.29) is 22.7 Å². The topological polar surface area (TPSA) is 148 Å². The monoisotopic (exact) mass is 528 g/mol. The van der Waals surface area contributed by atoms with E-state index < -0.39 is 9.85 Å². The molecule has 0 atom stereocenters. The van der Waals surface area contributed by atoms with Gasteiger partial charge in [-0.25, -0.2) is 0 Å². The standard InChI is InChI=1S/C28H44N6O4/c1-3-5-7-9-11-13-17-30-22-15-16-24(23(29)19-22)32-26-20-25(31-18-14-12-10-8-6-4-2)27(33(35)36)21-28(26)34(37)38/h15-16,19-21,30-32H,3-14,17-18,29H2,1-2H3. The fourth-order valence-electron chi connectivity index (χ4n) is 4.32. The van der Waals surface area contributed by atoms with Crippen molar-refractivity contribution in [2.75, 3.05) is 34.8 Å². The summed E-state index contributed by atoms with van der Waals surface area (Å²) >= 11 is 0. The third-order valence-electron chi connectivity index (χ3n) is 6.53. The van der Waals surface area contributed by atoms with E-state index in [1.54, 1.807) is 12.1 Å². The minimum absolute atomic E-state index is 0.144. The highest BCUT2D eigenvalue weighted by Crippen LogP contribution is 2.38. The Hall–Kier alpha value is -3.56. The van der Waals surface area contributed by atoms with Crippen LogP contribution in [-0.2, 0) is 0 Å². The lowest BCUT2D eigenvalue weighted by molar-refractivity contribution is -0.393. The molecule has 0 saturated carbocycles. The Morgan fingerprint density at radius 1 is 0.658 bits per heavy atom. The van der Waals surface area contributed by atoms with Crippen molar-refractivity contribution in [2.24, 2.45) is 0 Å². The smallest absolute Gasteiger partial charge is 0.299 e. The number of hydrogen-bond donors (Lipinski definition) is 4. The van der Waals surface area contributed by atoms with Gasteiger partial charge in [0.25, 0.3) is 11.4 Å². The van der Waals surface area contributed by atoms with E-state index >= 15 is 0 Å². The van der Waals surface area contributed by atoms with Gasteiger partial charge in [0.05, 0.1) is 27.3 Å². The molecule has 0 aliphatic heterocycles. The lowest BCUT2D eigenvalue weighted by Gasteiger charge is -2.14. The molecule has 2 aromatic rings. The van der Waals surface area contributed by atoms with Gasteiger partial charge in [-0.1, -0.05) is 78.1 Å². The Morgan fingerprint density at radius 2 is 1.18 bits per heavy atom. The van der Waals surface area contributed by atoms with Crippen molar-refractivity contribution in [3.63, 3.8) is 0 Å². The summed E-state index contributed by atoms with van der Waals surface area (Å²) in [6.07, 6.45) is 13.8. The molecule has 2 aromatic carbocycles. The van der Waals surface area contributed by atoms with Gasteiger partial charge in [0.2, 0.25) is 0 Å². The summed E-state index contributed by atoms with van der Waals surface area (Å²) in [5.74, 6) is 0. The summed E-state index contributed by atoms with van der Waals surface area (Å²) in [4.78, 5) is 22.1. The predicted octanol–water partition coefficient (Wildman–Crippen LogP) is 8.37. The fourth-order valence-corrected chi connectivity index (χ4v) is 4.32. The largest absolute Gasteiger partial charge is 0.397 e. The third-order valence-corrected chi connectivity index (χ3v) is 6.53. The molecule has 210 valence electrons.